The van der Waals surface area contributed by atoms with Crippen LogP contribution < -0.4 is 0 Å². The molecular weight excluding hydrogens is 423 g/mol. The van der Waals surface area contributed by atoms with E-state index in [9.17, 15) is 22.0 Å². The highest BCUT2D eigenvalue weighted by molar-refractivity contribution is 9.58. The number of halogens is 6. The Morgan fingerprint density at radius 3 is 1.32 bits per heavy atom. The molecule has 0 aliphatic heterocycles. The molecule has 0 atom stereocenters. The molecule has 0 heterocycles. The van der Waals surface area contributed by atoms with Crippen LogP contribution in [0.5, 0.6) is 0 Å². The first kappa shape index (κ1) is 17.9. The second kappa shape index (κ2) is 6.80. The highest BCUT2D eigenvalue weighted by Gasteiger charge is 2.30. The first-order valence-electron chi connectivity index (χ1n) is 7.01. The normalized spacial score (nSPS) is 12.2. The fourth-order valence-electron chi connectivity index (χ4n) is 2.33. The molecule has 0 saturated heterocycles. The Morgan fingerprint density at radius 1 is 0.520 bits per heavy atom. The molecule has 0 radical (unpaired) electrons. The zero-order valence-corrected chi connectivity index (χ0v) is 14.9. The third-order valence-electron chi connectivity index (χ3n) is 3.57. The summed E-state index contributed by atoms with van der Waals surface area (Å²) in [6, 6.07) is 11.9. The number of rotatable bonds is 3. The Bertz CT molecular complexity index is 876. The van der Waals surface area contributed by atoms with Crippen LogP contribution in [0.1, 0.15) is 0 Å². The lowest BCUT2D eigenvalue weighted by Gasteiger charge is -2.35. The third kappa shape index (κ3) is 3.30. The minimum Gasteiger partial charge on any atom is -0.207 e. The zero-order chi connectivity index (χ0) is 18.2. The minimum atomic E-state index is -2.44. The molecule has 25 heavy (non-hydrogen) atoms. The highest BCUT2D eigenvalue weighted by Crippen LogP contribution is 2.74. The van der Waals surface area contributed by atoms with E-state index in [0.717, 1.165) is 24.3 Å². The maximum Gasteiger partial charge on any atom is 0.159 e. The second-order valence-corrected chi connectivity index (χ2v) is 10.5. The van der Waals surface area contributed by atoms with Gasteiger partial charge in [-0.2, -0.15) is 0 Å². The smallest absolute Gasteiger partial charge is 0.159 e. The Hall–Kier alpha value is -1.86. The molecule has 130 valence electrons. The summed E-state index contributed by atoms with van der Waals surface area (Å²) in [6.45, 7) is 0. The van der Waals surface area contributed by atoms with Gasteiger partial charge in [0.15, 0.2) is 23.3 Å². The van der Waals surface area contributed by atoms with Gasteiger partial charge in [0.05, 0.1) is 0 Å². The molecule has 0 aromatic heterocycles. The van der Waals surface area contributed by atoms with Gasteiger partial charge in [0, 0.05) is 14.7 Å². The van der Waals surface area contributed by atoms with E-state index in [4.69, 9.17) is 0 Å². The first-order chi connectivity index (χ1) is 11.8. The maximum absolute atomic E-state index is 13.8. The second-order valence-electron chi connectivity index (χ2n) is 5.14. The number of hydrogen-bond donors (Lipinski definition) is 0. The predicted molar refractivity (Wildman–Crippen MR) is 90.4 cm³/mol. The van der Waals surface area contributed by atoms with Gasteiger partial charge in [-0.05, 0) is 75.5 Å². The summed E-state index contributed by atoms with van der Waals surface area (Å²) in [4.78, 5) is 1.17. The first-order valence-corrected chi connectivity index (χ1v) is 10.5. The van der Waals surface area contributed by atoms with Crippen molar-refractivity contribution in [3.8, 4) is 0 Å². The quantitative estimate of drug-likeness (QED) is 0.391. The van der Waals surface area contributed by atoms with E-state index >= 15 is 0 Å². The molecule has 0 aliphatic rings. The van der Waals surface area contributed by atoms with Crippen molar-refractivity contribution in [2.45, 2.75) is 14.7 Å². The maximum atomic E-state index is 13.8. The largest absolute Gasteiger partial charge is 0.207 e. The molecule has 0 unspecified atom stereocenters. The summed E-state index contributed by atoms with van der Waals surface area (Å²) in [6.07, 6.45) is 0. The SMILES string of the molecule is Fc1ccc(S(Br)(c2ccc(F)c(F)c2)c2ccc(F)c(F)c2)cc1. The molecule has 0 N–H and O–H groups in total. The molecule has 0 bridgehead atoms. The standard InChI is InChI=1S/C18H10BrF5S/c19-25(12-3-1-11(20)2-4-12,13-5-7-15(21)17(23)9-13)14-6-8-16(22)18(24)10-14/h1-10H. The summed E-state index contributed by atoms with van der Waals surface area (Å²) in [7, 11) is -2.44. The van der Waals surface area contributed by atoms with Gasteiger partial charge < -0.3 is 0 Å². The fourth-order valence-corrected chi connectivity index (χ4v) is 6.56. The van der Waals surface area contributed by atoms with Gasteiger partial charge in [0.25, 0.3) is 0 Å². The Labute approximate surface area is 149 Å². The third-order valence-corrected chi connectivity index (χ3v) is 9.66. The topological polar surface area (TPSA) is 0 Å². The van der Waals surface area contributed by atoms with Gasteiger partial charge in [-0.25, -0.2) is 22.0 Å². The van der Waals surface area contributed by atoms with E-state index in [-0.39, 0.29) is 0 Å². The molecule has 3 aromatic carbocycles. The summed E-state index contributed by atoms with van der Waals surface area (Å²) in [5.74, 6) is -4.67. The van der Waals surface area contributed by atoms with Crippen LogP contribution in [0.4, 0.5) is 22.0 Å². The van der Waals surface area contributed by atoms with Crippen LogP contribution in [0.3, 0.4) is 0 Å². The highest BCUT2D eigenvalue weighted by atomic mass is 79.9. The van der Waals surface area contributed by atoms with E-state index in [0.29, 0.717) is 14.7 Å². The van der Waals surface area contributed by atoms with E-state index in [1.54, 1.807) is 0 Å². The van der Waals surface area contributed by atoms with Crippen molar-refractivity contribution in [3.63, 3.8) is 0 Å². The Balaban J connectivity index is 2.28. The zero-order valence-electron chi connectivity index (χ0n) is 12.4. The molecule has 0 spiro atoms. The Kier molecular flexibility index (Phi) is 4.88. The van der Waals surface area contributed by atoms with E-state index < -0.39 is 37.5 Å². The average molecular weight is 433 g/mol. The van der Waals surface area contributed by atoms with Crippen LogP contribution in [0.25, 0.3) is 0 Å². The summed E-state index contributed by atoms with van der Waals surface area (Å²) >= 11 is 3.53. The van der Waals surface area contributed by atoms with Crippen molar-refractivity contribution in [2.75, 3.05) is 0 Å². The average Bonchev–Trinajstić information content (AvgIpc) is 2.59. The van der Waals surface area contributed by atoms with Crippen LogP contribution in [0.2, 0.25) is 0 Å². The van der Waals surface area contributed by atoms with Crippen molar-refractivity contribution in [2.24, 2.45) is 0 Å². The lowest BCUT2D eigenvalue weighted by atomic mass is 10.3. The van der Waals surface area contributed by atoms with Crippen molar-refractivity contribution < 1.29 is 22.0 Å². The molecule has 0 aliphatic carbocycles. The van der Waals surface area contributed by atoms with Gasteiger partial charge in [-0.3, -0.25) is 0 Å². The van der Waals surface area contributed by atoms with Crippen LogP contribution >= 0.6 is 23.3 Å². The monoisotopic (exact) mass is 432 g/mol. The molecule has 0 nitrogen and oxygen atoms in total. The Morgan fingerprint density at radius 2 is 0.920 bits per heavy atom. The van der Waals surface area contributed by atoms with Crippen LogP contribution in [0.15, 0.2) is 75.4 Å². The van der Waals surface area contributed by atoms with Crippen molar-refractivity contribution in [1.82, 2.24) is 0 Å². The van der Waals surface area contributed by atoms with Gasteiger partial charge >= 0.3 is 0 Å². The summed E-state index contributed by atoms with van der Waals surface area (Å²) < 4.78 is 67.5. The summed E-state index contributed by atoms with van der Waals surface area (Å²) in [5.41, 5.74) is 0. The van der Waals surface area contributed by atoms with Gasteiger partial charge in [0.1, 0.15) is 5.82 Å². The molecule has 3 rings (SSSR count). The van der Waals surface area contributed by atoms with Crippen LogP contribution in [0, 0.1) is 29.1 Å². The number of hydrogen-bond acceptors (Lipinski definition) is 0. The molecule has 0 amide bonds. The lowest BCUT2D eigenvalue weighted by molar-refractivity contribution is 0.505. The van der Waals surface area contributed by atoms with Crippen LogP contribution in [-0.4, -0.2) is 0 Å². The molecular formula is C18H10BrF5S. The van der Waals surface area contributed by atoms with Crippen molar-refractivity contribution in [3.05, 3.63) is 89.7 Å². The molecule has 0 fully saturated rings. The van der Waals surface area contributed by atoms with E-state index in [1.807, 2.05) is 0 Å². The predicted octanol–water partition coefficient (Wildman–Crippen LogP) is 6.97. The van der Waals surface area contributed by atoms with Crippen molar-refractivity contribution in [1.29, 1.82) is 0 Å². The molecule has 3 aromatic rings. The van der Waals surface area contributed by atoms with Crippen LogP contribution in [-0.2, 0) is 0 Å². The van der Waals surface area contributed by atoms with Gasteiger partial charge in [-0.15, -0.1) is 8.46 Å². The fraction of sp³-hybridized carbons (Fsp3) is 0. The van der Waals surface area contributed by atoms with Gasteiger partial charge in [-0.1, -0.05) is 0 Å². The van der Waals surface area contributed by atoms with E-state index in [1.165, 1.54) is 36.4 Å². The minimum absolute atomic E-state index is 0.323. The number of benzene rings is 3. The summed E-state index contributed by atoms with van der Waals surface area (Å²) in [5, 5.41) is 0. The van der Waals surface area contributed by atoms with Gasteiger partial charge in [0.2, 0.25) is 0 Å². The van der Waals surface area contributed by atoms with Crippen molar-refractivity contribution >= 4 is 23.3 Å². The molecule has 7 heteroatoms. The lowest BCUT2D eigenvalue weighted by Crippen LogP contribution is -1.99. The molecule has 0 saturated carbocycles. The van der Waals surface area contributed by atoms with E-state index in [2.05, 4.69) is 14.8 Å².